The Bertz CT molecular complexity index is 555. The zero-order chi connectivity index (χ0) is 13.9. The average molecular weight is 286 g/mol. The van der Waals surface area contributed by atoms with Crippen molar-refractivity contribution in [2.75, 3.05) is 6.54 Å². The minimum atomic E-state index is 0.279. The van der Waals surface area contributed by atoms with Crippen LogP contribution in [0, 0.1) is 6.92 Å². The van der Waals surface area contributed by atoms with E-state index in [0.717, 1.165) is 17.5 Å². The lowest BCUT2D eigenvalue weighted by atomic mass is 9.80. The van der Waals surface area contributed by atoms with E-state index in [4.69, 9.17) is 0 Å². The quantitative estimate of drug-likeness (QED) is 0.880. The van der Waals surface area contributed by atoms with Crippen molar-refractivity contribution in [2.24, 2.45) is 0 Å². The molecule has 1 aliphatic carbocycles. The summed E-state index contributed by atoms with van der Waals surface area (Å²) < 4.78 is 0. The minimum Gasteiger partial charge on any atom is -0.306 e. The Balaban J connectivity index is 1.83. The number of nitrogens with one attached hydrogen (secondary N) is 1. The van der Waals surface area contributed by atoms with Crippen LogP contribution >= 0.6 is 11.3 Å². The third-order valence-corrected chi connectivity index (χ3v) is 5.16. The molecule has 0 spiro atoms. The van der Waals surface area contributed by atoms with Gasteiger partial charge in [0, 0.05) is 11.1 Å². The molecule has 1 heterocycles. The van der Waals surface area contributed by atoms with E-state index in [-0.39, 0.29) is 6.04 Å². The normalized spacial score (nSPS) is 16.9. The van der Waals surface area contributed by atoms with E-state index in [2.05, 4.69) is 48.4 Å². The molecule has 2 aromatic rings. The highest BCUT2D eigenvalue weighted by molar-refractivity contribution is 7.11. The van der Waals surface area contributed by atoms with Gasteiger partial charge in [-0.1, -0.05) is 37.6 Å². The predicted octanol–water partition coefficient (Wildman–Crippen LogP) is 4.42. The van der Waals surface area contributed by atoms with Crippen molar-refractivity contribution in [2.45, 2.75) is 45.1 Å². The van der Waals surface area contributed by atoms with E-state index in [9.17, 15) is 0 Å². The molecular formula is C17H22N2S. The molecule has 1 aliphatic rings. The fourth-order valence-electron chi connectivity index (χ4n) is 2.80. The van der Waals surface area contributed by atoms with Crippen molar-refractivity contribution in [3.8, 4) is 0 Å². The van der Waals surface area contributed by atoms with Gasteiger partial charge in [-0.15, -0.1) is 11.3 Å². The summed E-state index contributed by atoms with van der Waals surface area (Å²) in [6.07, 6.45) is 6.13. The standard InChI is InChI=1S/C17H22N2S/c1-3-18-17(16-11-19-12(2)20-16)15-9-7-14(8-10-15)13-5-4-6-13/h7-11,13,17-18H,3-6H2,1-2H3. The van der Waals surface area contributed by atoms with Crippen molar-refractivity contribution in [1.82, 2.24) is 10.3 Å². The third kappa shape index (κ3) is 2.79. The number of hydrogen-bond donors (Lipinski definition) is 1. The number of rotatable bonds is 5. The van der Waals surface area contributed by atoms with Crippen LogP contribution < -0.4 is 5.32 Å². The molecule has 1 saturated carbocycles. The summed E-state index contributed by atoms with van der Waals surface area (Å²) in [5, 5.41) is 4.71. The largest absolute Gasteiger partial charge is 0.306 e. The maximum Gasteiger partial charge on any atom is 0.0897 e. The Kier molecular flexibility index (Phi) is 4.18. The van der Waals surface area contributed by atoms with Gasteiger partial charge in [-0.3, -0.25) is 0 Å². The molecule has 1 atom stereocenters. The van der Waals surface area contributed by atoms with E-state index in [0.29, 0.717) is 0 Å². The van der Waals surface area contributed by atoms with Gasteiger partial charge in [0.1, 0.15) is 0 Å². The van der Waals surface area contributed by atoms with E-state index in [1.165, 1.54) is 35.3 Å². The Labute approximate surface area is 125 Å². The molecule has 0 amide bonds. The molecular weight excluding hydrogens is 264 g/mol. The lowest BCUT2D eigenvalue weighted by Crippen LogP contribution is -2.21. The van der Waals surface area contributed by atoms with Crippen LogP contribution in [-0.2, 0) is 0 Å². The van der Waals surface area contributed by atoms with Crippen molar-refractivity contribution in [1.29, 1.82) is 0 Å². The van der Waals surface area contributed by atoms with Crippen molar-refractivity contribution < 1.29 is 0 Å². The topological polar surface area (TPSA) is 24.9 Å². The van der Waals surface area contributed by atoms with Gasteiger partial charge in [-0.05, 0) is 43.4 Å². The Morgan fingerprint density at radius 3 is 2.55 bits per heavy atom. The van der Waals surface area contributed by atoms with Crippen LogP contribution in [-0.4, -0.2) is 11.5 Å². The zero-order valence-corrected chi connectivity index (χ0v) is 13.0. The van der Waals surface area contributed by atoms with Crippen LogP contribution in [0.4, 0.5) is 0 Å². The molecule has 1 N–H and O–H groups in total. The first-order chi connectivity index (χ1) is 9.78. The first kappa shape index (κ1) is 13.8. The molecule has 1 fully saturated rings. The fourth-order valence-corrected chi connectivity index (χ4v) is 3.69. The summed E-state index contributed by atoms with van der Waals surface area (Å²) in [6.45, 7) is 5.19. The molecule has 3 heteroatoms. The van der Waals surface area contributed by atoms with Gasteiger partial charge in [-0.2, -0.15) is 0 Å². The fraction of sp³-hybridized carbons (Fsp3) is 0.471. The molecule has 1 unspecified atom stereocenters. The molecule has 0 aliphatic heterocycles. The van der Waals surface area contributed by atoms with E-state index < -0.39 is 0 Å². The summed E-state index contributed by atoms with van der Waals surface area (Å²) in [7, 11) is 0. The van der Waals surface area contributed by atoms with Crippen molar-refractivity contribution in [3.05, 3.63) is 51.5 Å². The number of aryl methyl sites for hydroxylation is 1. The molecule has 3 rings (SSSR count). The molecule has 0 saturated heterocycles. The molecule has 20 heavy (non-hydrogen) atoms. The van der Waals surface area contributed by atoms with E-state index in [1.54, 1.807) is 11.3 Å². The predicted molar refractivity (Wildman–Crippen MR) is 85.4 cm³/mol. The van der Waals surface area contributed by atoms with Gasteiger partial charge in [-0.25, -0.2) is 4.98 Å². The summed E-state index contributed by atoms with van der Waals surface area (Å²) in [5.41, 5.74) is 2.86. The first-order valence-corrected chi connectivity index (χ1v) is 8.35. The molecule has 106 valence electrons. The first-order valence-electron chi connectivity index (χ1n) is 7.53. The number of hydrogen-bond acceptors (Lipinski definition) is 3. The Morgan fingerprint density at radius 2 is 2.05 bits per heavy atom. The molecule has 1 aromatic heterocycles. The lowest BCUT2D eigenvalue weighted by molar-refractivity contribution is 0.419. The van der Waals surface area contributed by atoms with Crippen LogP contribution in [0.2, 0.25) is 0 Å². The highest BCUT2D eigenvalue weighted by Gasteiger charge is 2.20. The van der Waals surface area contributed by atoms with Gasteiger partial charge in [0.15, 0.2) is 0 Å². The summed E-state index contributed by atoms with van der Waals surface area (Å²) >= 11 is 1.78. The second-order valence-electron chi connectivity index (χ2n) is 5.57. The number of thiazole rings is 1. The lowest BCUT2D eigenvalue weighted by Gasteiger charge is -2.26. The van der Waals surface area contributed by atoms with Gasteiger partial charge >= 0.3 is 0 Å². The highest BCUT2D eigenvalue weighted by Crippen LogP contribution is 2.37. The van der Waals surface area contributed by atoms with Crippen LogP contribution in [0.5, 0.6) is 0 Å². The highest BCUT2D eigenvalue weighted by atomic mass is 32.1. The van der Waals surface area contributed by atoms with Gasteiger partial charge in [0.05, 0.1) is 11.0 Å². The number of nitrogens with zero attached hydrogens (tertiary/aromatic N) is 1. The van der Waals surface area contributed by atoms with E-state index in [1.807, 2.05) is 6.20 Å². The van der Waals surface area contributed by atoms with E-state index >= 15 is 0 Å². The average Bonchev–Trinajstić information content (AvgIpc) is 2.82. The zero-order valence-electron chi connectivity index (χ0n) is 12.2. The van der Waals surface area contributed by atoms with Crippen LogP contribution in [0.15, 0.2) is 30.5 Å². The SMILES string of the molecule is CCNC(c1ccc(C2CCC2)cc1)c1cnc(C)s1. The van der Waals surface area contributed by atoms with Gasteiger partial charge in [0.2, 0.25) is 0 Å². The summed E-state index contributed by atoms with van der Waals surface area (Å²) in [5.74, 6) is 0.812. The number of benzene rings is 1. The maximum absolute atomic E-state index is 4.39. The van der Waals surface area contributed by atoms with Crippen LogP contribution in [0.25, 0.3) is 0 Å². The third-order valence-electron chi connectivity index (χ3n) is 4.18. The van der Waals surface area contributed by atoms with Crippen LogP contribution in [0.1, 0.15) is 59.2 Å². The summed E-state index contributed by atoms with van der Waals surface area (Å²) in [6, 6.07) is 9.49. The van der Waals surface area contributed by atoms with Crippen molar-refractivity contribution >= 4 is 11.3 Å². The second-order valence-corrected chi connectivity index (χ2v) is 6.83. The molecule has 0 radical (unpaired) electrons. The Morgan fingerprint density at radius 1 is 1.30 bits per heavy atom. The molecule has 0 bridgehead atoms. The van der Waals surface area contributed by atoms with Crippen LogP contribution in [0.3, 0.4) is 0 Å². The molecule has 1 aromatic carbocycles. The van der Waals surface area contributed by atoms with Gasteiger partial charge in [0.25, 0.3) is 0 Å². The smallest absolute Gasteiger partial charge is 0.0897 e. The Hall–Kier alpha value is -1.19. The van der Waals surface area contributed by atoms with Gasteiger partial charge < -0.3 is 5.32 Å². The maximum atomic E-state index is 4.39. The minimum absolute atomic E-state index is 0.279. The number of aromatic nitrogens is 1. The summed E-state index contributed by atoms with van der Waals surface area (Å²) in [4.78, 5) is 5.70. The molecule has 2 nitrogen and oxygen atoms in total. The monoisotopic (exact) mass is 286 g/mol. The van der Waals surface area contributed by atoms with Crippen molar-refractivity contribution in [3.63, 3.8) is 0 Å². The second kappa shape index (κ2) is 6.06.